The van der Waals surface area contributed by atoms with Gasteiger partial charge in [0, 0.05) is 5.41 Å². The summed E-state index contributed by atoms with van der Waals surface area (Å²) >= 11 is 1.55. The Kier molecular flexibility index (Phi) is 3.08. The molecule has 1 aliphatic rings. The van der Waals surface area contributed by atoms with E-state index in [4.69, 9.17) is 0 Å². The highest BCUT2D eigenvalue weighted by Gasteiger charge is 2.26. The largest absolute Gasteiger partial charge is 0.307 e. The van der Waals surface area contributed by atoms with Crippen LogP contribution < -0.4 is 5.32 Å². The molecule has 1 aromatic rings. The summed E-state index contributed by atoms with van der Waals surface area (Å²) in [6, 6.07) is 0.0574. The zero-order chi connectivity index (χ0) is 11.8. The van der Waals surface area contributed by atoms with Crippen molar-refractivity contribution in [2.45, 2.75) is 45.1 Å². The van der Waals surface area contributed by atoms with Crippen LogP contribution in [0.5, 0.6) is 0 Å². The summed E-state index contributed by atoms with van der Waals surface area (Å²) in [6.07, 6.45) is 1.38. The van der Waals surface area contributed by atoms with Gasteiger partial charge >= 0.3 is 0 Å². The number of hydrogen-bond donors (Lipinski definition) is 1. The zero-order valence-corrected chi connectivity index (χ0v) is 10.7. The predicted octanol–water partition coefficient (Wildman–Crippen LogP) is 1.31. The molecule has 1 atom stereocenters. The minimum absolute atomic E-state index is 0.0215. The first-order valence-corrected chi connectivity index (χ1v) is 6.37. The minimum atomic E-state index is 0.0215. The Labute approximate surface area is 99.5 Å². The van der Waals surface area contributed by atoms with Crippen molar-refractivity contribution >= 4 is 17.1 Å². The number of Topliss-reactive ketones (excluding diaryl/α,β-unsaturated/α-hetero) is 1. The molecule has 5 heteroatoms. The molecule has 1 saturated heterocycles. The third-order valence-electron chi connectivity index (χ3n) is 2.65. The first-order chi connectivity index (χ1) is 7.47. The lowest BCUT2D eigenvalue weighted by Gasteiger charge is -2.25. The van der Waals surface area contributed by atoms with E-state index in [-0.39, 0.29) is 17.2 Å². The van der Waals surface area contributed by atoms with E-state index in [0.29, 0.717) is 6.42 Å². The summed E-state index contributed by atoms with van der Waals surface area (Å²) in [5.74, 6) is 0.239. The monoisotopic (exact) mass is 239 g/mol. The molecule has 1 N–H and O–H groups in total. The van der Waals surface area contributed by atoms with E-state index in [0.717, 1.165) is 23.0 Å². The van der Waals surface area contributed by atoms with Crippen LogP contribution in [0.3, 0.4) is 0 Å². The van der Waals surface area contributed by atoms with Gasteiger partial charge in [-0.2, -0.15) is 0 Å². The summed E-state index contributed by atoms with van der Waals surface area (Å²) in [7, 11) is 0. The van der Waals surface area contributed by atoms with Crippen molar-refractivity contribution in [1.29, 1.82) is 0 Å². The molecule has 0 unspecified atom stereocenters. The molecule has 2 heterocycles. The third-order valence-corrected chi connectivity index (χ3v) is 4.00. The van der Waals surface area contributed by atoms with E-state index in [1.165, 1.54) is 0 Å². The Morgan fingerprint density at radius 1 is 1.50 bits per heavy atom. The van der Waals surface area contributed by atoms with E-state index in [2.05, 4.69) is 36.3 Å². The van der Waals surface area contributed by atoms with Crippen molar-refractivity contribution in [3.63, 3.8) is 0 Å². The number of rotatable bonds is 3. The molecule has 0 aliphatic carbocycles. The van der Waals surface area contributed by atoms with E-state index in [1.54, 1.807) is 11.3 Å². The first-order valence-electron chi connectivity index (χ1n) is 5.56. The summed E-state index contributed by atoms with van der Waals surface area (Å²) in [4.78, 5) is 11.7. The van der Waals surface area contributed by atoms with Crippen molar-refractivity contribution in [1.82, 2.24) is 15.5 Å². The second-order valence-corrected chi connectivity index (χ2v) is 6.25. The SMILES string of the molecule is CC(C)(C)c1nnc(CC(=O)[C@@H]2CCN2)s1. The van der Waals surface area contributed by atoms with Crippen LogP contribution in [-0.2, 0) is 16.6 Å². The Morgan fingerprint density at radius 2 is 2.19 bits per heavy atom. The summed E-state index contributed by atoms with van der Waals surface area (Å²) in [5.41, 5.74) is 0.0215. The predicted molar refractivity (Wildman–Crippen MR) is 63.7 cm³/mol. The van der Waals surface area contributed by atoms with Gasteiger partial charge in [-0.15, -0.1) is 21.5 Å². The smallest absolute Gasteiger partial charge is 0.156 e. The fourth-order valence-corrected chi connectivity index (χ4v) is 2.37. The standard InChI is InChI=1S/C11H17N3OS/c1-11(2,3)10-14-13-9(16-10)6-8(15)7-4-5-12-7/h7,12H,4-6H2,1-3H3/t7-/m0/s1. The molecule has 0 saturated carbocycles. The van der Waals surface area contributed by atoms with Crippen molar-refractivity contribution in [2.75, 3.05) is 6.54 Å². The van der Waals surface area contributed by atoms with Gasteiger partial charge in [0.1, 0.15) is 10.0 Å². The molecule has 88 valence electrons. The molecule has 2 rings (SSSR count). The maximum atomic E-state index is 11.7. The van der Waals surface area contributed by atoms with Crippen LogP contribution in [0, 0.1) is 0 Å². The molecule has 0 bridgehead atoms. The highest BCUT2D eigenvalue weighted by molar-refractivity contribution is 7.11. The Hall–Kier alpha value is -0.810. The summed E-state index contributed by atoms with van der Waals surface area (Å²) in [5, 5.41) is 13.2. The van der Waals surface area contributed by atoms with Gasteiger partial charge < -0.3 is 5.32 Å². The van der Waals surface area contributed by atoms with Gasteiger partial charge in [-0.3, -0.25) is 4.79 Å². The molecular weight excluding hydrogens is 222 g/mol. The quantitative estimate of drug-likeness (QED) is 0.864. The van der Waals surface area contributed by atoms with Crippen molar-refractivity contribution in [3.05, 3.63) is 10.0 Å². The second kappa shape index (κ2) is 4.22. The van der Waals surface area contributed by atoms with Crippen LogP contribution in [0.2, 0.25) is 0 Å². The fraction of sp³-hybridized carbons (Fsp3) is 0.727. The zero-order valence-electron chi connectivity index (χ0n) is 9.91. The maximum absolute atomic E-state index is 11.7. The molecule has 4 nitrogen and oxygen atoms in total. The molecule has 16 heavy (non-hydrogen) atoms. The van der Waals surface area contributed by atoms with Gasteiger partial charge in [-0.05, 0) is 13.0 Å². The third kappa shape index (κ3) is 2.47. The van der Waals surface area contributed by atoms with E-state index in [1.807, 2.05) is 0 Å². The molecular formula is C11H17N3OS. The van der Waals surface area contributed by atoms with E-state index >= 15 is 0 Å². The topological polar surface area (TPSA) is 54.9 Å². The van der Waals surface area contributed by atoms with Crippen LogP contribution in [-0.4, -0.2) is 28.6 Å². The van der Waals surface area contributed by atoms with Gasteiger partial charge in [-0.1, -0.05) is 20.8 Å². The average molecular weight is 239 g/mol. The molecule has 1 aliphatic heterocycles. The van der Waals surface area contributed by atoms with E-state index < -0.39 is 0 Å². The summed E-state index contributed by atoms with van der Waals surface area (Å²) in [6.45, 7) is 7.27. The number of nitrogens with zero attached hydrogens (tertiary/aromatic N) is 2. The Morgan fingerprint density at radius 3 is 2.62 bits per heavy atom. The van der Waals surface area contributed by atoms with Gasteiger partial charge in [-0.25, -0.2) is 0 Å². The van der Waals surface area contributed by atoms with Crippen molar-refractivity contribution < 1.29 is 4.79 Å². The van der Waals surface area contributed by atoms with Crippen LogP contribution in [0.1, 0.15) is 37.2 Å². The van der Waals surface area contributed by atoms with Gasteiger partial charge in [0.05, 0.1) is 12.5 Å². The number of ketones is 1. The first kappa shape index (κ1) is 11.7. The molecule has 0 radical (unpaired) electrons. The fourth-order valence-electron chi connectivity index (χ4n) is 1.46. The maximum Gasteiger partial charge on any atom is 0.156 e. The van der Waals surface area contributed by atoms with Crippen LogP contribution >= 0.6 is 11.3 Å². The number of aromatic nitrogens is 2. The summed E-state index contributed by atoms with van der Waals surface area (Å²) < 4.78 is 0. The van der Waals surface area contributed by atoms with Crippen LogP contribution in [0.4, 0.5) is 0 Å². The lowest BCUT2D eigenvalue weighted by Crippen LogP contribution is -2.49. The molecule has 0 spiro atoms. The van der Waals surface area contributed by atoms with Crippen LogP contribution in [0.25, 0.3) is 0 Å². The number of carbonyl (C=O) groups is 1. The molecule has 0 aromatic carbocycles. The number of hydrogen-bond acceptors (Lipinski definition) is 5. The normalized spacial score (nSPS) is 20.6. The number of carbonyl (C=O) groups excluding carboxylic acids is 1. The minimum Gasteiger partial charge on any atom is -0.307 e. The van der Waals surface area contributed by atoms with Crippen LogP contribution in [0.15, 0.2) is 0 Å². The average Bonchev–Trinajstić information content (AvgIpc) is 2.47. The van der Waals surface area contributed by atoms with Crippen molar-refractivity contribution in [3.8, 4) is 0 Å². The molecule has 0 amide bonds. The highest BCUT2D eigenvalue weighted by Crippen LogP contribution is 2.25. The van der Waals surface area contributed by atoms with Gasteiger partial charge in [0.2, 0.25) is 0 Å². The number of nitrogens with one attached hydrogen (secondary N) is 1. The Balaban J connectivity index is 1.99. The molecule has 1 aromatic heterocycles. The highest BCUT2D eigenvalue weighted by atomic mass is 32.1. The van der Waals surface area contributed by atoms with E-state index in [9.17, 15) is 4.79 Å². The van der Waals surface area contributed by atoms with Gasteiger partial charge in [0.25, 0.3) is 0 Å². The van der Waals surface area contributed by atoms with Crippen molar-refractivity contribution in [2.24, 2.45) is 0 Å². The lowest BCUT2D eigenvalue weighted by molar-refractivity contribution is -0.121. The van der Waals surface area contributed by atoms with Gasteiger partial charge in [0.15, 0.2) is 5.78 Å². The second-order valence-electron chi connectivity index (χ2n) is 5.19. The Bertz CT molecular complexity index is 390. The lowest BCUT2D eigenvalue weighted by atomic mass is 9.98. The molecule has 1 fully saturated rings.